The molecule has 3 heterocycles. The van der Waals surface area contributed by atoms with E-state index in [1.165, 1.54) is 38.5 Å². The molecule has 7 nitrogen and oxygen atoms in total. The number of hydrogen-bond acceptors (Lipinski definition) is 6. The number of carbonyl (C=O) groups is 2. The van der Waals surface area contributed by atoms with E-state index in [-0.39, 0.29) is 35.3 Å². The highest BCUT2D eigenvalue weighted by molar-refractivity contribution is 5.98. The number of nitrogens with one attached hydrogen (secondary N) is 2. The predicted octanol–water partition coefficient (Wildman–Crippen LogP) is 5.87. The maximum atomic E-state index is 12.9. The zero-order valence-electron chi connectivity index (χ0n) is 28.7. The van der Waals surface area contributed by atoms with Gasteiger partial charge in [-0.15, -0.1) is 0 Å². The third kappa shape index (κ3) is 5.88. The summed E-state index contributed by atoms with van der Waals surface area (Å²) in [6, 6.07) is 0.165. The maximum Gasteiger partial charge on any atom is 0.227 e. The minimum Gasteiger partial charge on any atom is -0.379 e. The quantitative estimate of drug-likeness (QED) is 0.200. The topological polar surface area (TPSA) is 79.9 Å². The number of fused-ring (bicyclic) bond motifs is 7. The second-order valence-electron chi connectivity index (χ2n) is 17.1. The van der Waals surface area contributed by atoms with Crippen LogP contribution in [0.2, 0.25) is 0 Å². The molecular weight excluding hydrogens is 562 g/mol. The SMILES string of the molecule is C[C@@H]1CC[C@@]2(NC1)O[C@H]1C[C@H]3[C@@H]4CC=C5CC(NC(=O)CC(=O)CCCCN6CCOCC6)CC[C@]5(C)[C@H]4CC[C@]3(C)[C@H]1[C@@H]2C. The van der Waals surface area contributed by atoms with E-state index in [9.17, 15) is 9.59 Å². The molecule has 0 aromatic rings. The van der Waals surface area contributed by atoms with Gasteiger partial charge in [0, 0.05) is 38.0 Å². The fourth-order valence-electron chi connectivity index (χ4n) is 12.0. The number of nitrogens with zero attached hydrogens (tertiary/aromatic N) is 1. The van der Waals surface area contributed by atoms with E-state index in [2.05, 4.69) is 49.3 Å². The molecular formula is C38H61N3O4. The highest BCUT2D eigenvalue weighted by Crippen LogP contribution is 2.70. The zero-order valence-corrected chi connectivity index (χ0v) is 28.7. The van der Waals surface area contributed by atoms with Gasteiger partial charge in [-0.3, -0.25) is 19.8 Å². The minimum absolute atomic E-state index is 0.0357. The Kier molecular flexibility index (Phi) is 9.06. The normalized spacial score (nSPS) is 46.1. The third-order valence-electron chi connectivity index (χ3n) is 14.6. The number of carbonyl (C=O) groups excluding carboxylic acids is 2. The van der Waals surface area contributed by atoms with E-state index in [0.717, 1.165) is 95.2 Å². The number of ether oxygens (including phenoxy) is 2. The van der Waals surface area contributed by atoms with Crippen LogP contribution in [0, 0.1) is 46.3 Å². The average Bonchev–Trinajstić information content (AvgIpc) is 3.47. The van der Waals surface area contributed by atoms with E-state index in [1.54, 1.807) is 5.57 Å². The first-order valence-electron chi connectivity index (χ1n) is 18.8. The number of rotatable bonds is 8. The lowest BCUT2D eigenvalue weighted by atomic mass is 9.46. The molecule has 0 aromatic heterocycles. The molecule has 0 bridgehead atoms. The van der Waals surface area contributed by atoms with Crippen LogP contribution < -0.4 is 10.6 Å². The molecule has 7 heteroatoms. The van der Waals surface area contributed by atoms with Crippen molar-refractivity contribution < 1.29 is 19.1 Å². The van der Waals surface area contributed by atoms with Gasteiger partial charge < -0.3 is 14.8 Å². The molecule has 7 aliphatic rings. The summed E-state index contributed by atoms with van der Waals surface area (Å²) in [6.07, 6.45) is 16.1. The Morgan fingerprint density at radius 2 is 1.87 bits per heavy atom. The van der Waals surface area contributed by atoms with E-state index in [0.29, 0.717) is 29.8 Å². The van der Waals surface area contributed by atoms with Gasteiger partial charge in [-0.2, -0.15) is 0 Å². The maximum absolute atomic E-state index is 12.9. The van der Waals surface area contributed by atoms with Gasteiger partial charge >= 0.3 is 0 Å². The molecule has 1 unspecified atom stereocenters. The van der Waals surface area contributed by atoms with Crippen molar-refractivity contribution in [1.82, 2.24) is 15.5 Å². The van der Waals surface area contributed by atoms with E-state index in [1.807, 2.05) is 0 Å². The summed E-state index contributed by atoms with van der Waals surface area (Å²) < 4.78 is 12.5. The van der Waals surface area contributed by atoms with Gasteiger partial charge in [-0.05, 0) is 118 Å². The fraction of sp³-hybridized carbons (Fsp3) is 0.895. The second kappa shape index (κ2) is 12.6. The predicted molar refractivity (Wildman–Crippen MR) is 176 cm³/mol. The van der Waals surface area contributed by atoms with Crippen molar-refractivity contribution in [2.45, 2.75) is 129 Å². The van der Waals surface area contributed by atoms with Crippen molar-refractivity contribution in [3.63, 3.8) is 0 Å². The van der Waals surface area contributed by atoms with E-state index in [4.69, 9.17) is 9.47 Å². The number of Topliss-reactive ketones (excluding diaryl/α,β-unsaturated/α-hetero) is 1. The summed E-state index contributed by atoms with van der Waals surface area (Å²) in [5.74, 6) is 4.25. The first-order valence-corrected chi connectivity index (χ1v) is 18.8. The Balaban J connectivity index is 0.919. The zero-order chi connectivity index (χ0) is 31.4. The van der Waals surface area contributed by atoms with Crippen molar-refractivity contribution in [3.8, 4) is 0 Å². The Morgan fingerprint density at radius 3 is 2.64 bits per heavy atom. The van der Waals surface area contributed by atoms with Crippen LogP contribution in [-0.4, -0.2) is 73.9 Å². The Labute approximate surface area is 272 Å². The molecule has 3 saturated heterocycles. The van der Waals surface area contributed by atoms with Crippen molar-refractivity contribution in [2.75, 3.05) is 39.4 Å². The Morgan fingerprint density at radius 1 is 1.04 bits per heavy atom. The molecule has 3 saturated carbocycles. The molecule has 11 atom stereocenters. The first-order chi connectivity index (χ1) is 21.6. The molecule has 7 rings (SSSR count). The number of hydrogen-bond donors (Lipinski definition) is 2. The van der Waals surface area contributed by atoms with Crippen LogP contribution >= 0.6 is 0 Å². The summed E-state index contributed by atoms with van der Waals surface area (Å²) in [5.41, 5.74) is 2.12. The van der Waals surface area contributed by atoms with Gasteiger partial charge in [0.05, 0.1) is 25.7 Å². The molecule has 252 valence electrons. The van der Waals surface area contributed by atoms with E-state index < -0.39 is 0 Å². The largest absolute Gasteiger partial charge is 0.379 e. The Bertz CT molecular complexity index is 1140. The number of morpholine rings is 1. The highest BCUT2D eigenvalue weighted by atomic mass is 16.5. The third-order valence-corrected chi connectivity index (χ3v) is 14.6. The van der Waals surface area contributed by atoms with Gasteiger partial charge in [0.25, 0.3) is 0 Å². The molecule has 1 amide bonds. The number of ketones is 1. The van der Waals surface area contributed by atoms with Crippen LogP contribution in [0.15, 0.2) is 11.6 Å². The first kappa shape index (κ1) is 32.3. The van der Waals surface area contributed by atoms with Crippen LogP contribution in [0.1, 0.15) is 111 Å². The van der Waals surface area contributed by atoms with Crippen LogP contribution in [0.3, 0.4) is 0 Å². The molecule has 45 heavy (non-hydrogen) atoms. The molecule has 4 aliphatic carbocycles. The standard InChI is InChI=1S/C38H61N3O4/c1-25-10-15-38(39-24-25)26(2)35-33(45-38)23-32-30-9-8-27-21-28(11-13-36(27,3)31(30)12-14-37(32,35)4)40-34(43)22-29(42)7-5-6-16-41-17-19-44-20-18-41/h8,25-26,28,30-33,35,39H,5-7,9-24H2,1-4H3,(H,40,43)/t25-,26+,28?,30-,31+,32+,33+,35+,36+,37+,38-/m1/s1. The van der Waals surface area contributed by atoms with Crippen LogP contribution in [0.5, 0.6) is 0 Å². The summed E-state index contributed by atoms with van der Waals surface area (Å²) in [4.78, 5) is 27.9. The number of amides is 1. The van der Waals surface area contributed by atoms with Gasteiger partial charge in [0.1, 0.15) is 11.5 Å². The lowest BCUT2D eigenvalue weighted by molar-refractivity contribution is -0.128. The average molecular weight is 624 g/mol. The smallest absolute Gasteiger partial charge is 0.227 e. The summed E-state index contributed by atoms with van der Waals surface area (Å²) >= 11 is 0. The lowest BCUT2D eigenvalue weighted by Gasteiger charge is -2.58. The van der Waals surface area contributed by atoms with Crippen molar-refractivity contribution in [1.29, 1.82) is 0 Å². The second-order valence-corrected chi connectivity index (χ2v) is 17.1. The monoisotopic (exact) mass is 623 g/mol. The summed E-state index contributed by atoms with van der Waals surface area (Å²) in [7, 11) is 0. The molecule has 0 aromatic carbocycles. The molecule has 6 fully saturated rings. The summed E-state index contributed by atoms with van der Waals surface area (Å²) in [6.45, 7) is 15.8. The van der Waals surface area contributed by atoms with Gasteiger partial charge in [0.2, 0.25) is 5.91 Å². The summed E-state index contributed by atoms with van der Waals surface area (Å²) in [5, 5.41) is 7.17. The van der Waals surface area contributed by atoms with Crippen molar-refractivity contribution in [3.05, 3.63) is 11.6 Å². The number of piperidine rings is 1. The molecule has 1 spiro atoms. The van der Waals surface area contributed by atoms with Crippen LogP contribution in [0.4, 0.5) is 0 Å². The van der Waals surface area contributed by atoms with Crippen molar-refractivity contribution >= 4 is 11.7 Å². The number of unbranched alkanes of at least 4 members (excludes halogenated alkanes) is 1. The van der Waals surface area contributed by atoms with Crippen LogP contribution in [-0.2, 0) is 19.1 Å². The molecule has 2 N–H and O–H groups in total. The Hall–Kier alpha value is -1.28. The highest BCUT2D eigenvalue weighted by Gasteiger charge is 2.68. The van der Waals surface area contributed by atoms with Gasteiger partial charge in [-0.1, -0.05) is 39.3 Å². The van der Waals surface area contributed by atoms with Crippen molar-refractivity contribution in [2.24, 2.45) is 46.3 Å². The fourth-order valence-corrected chi connectivity index (χ4v) is 12.0. The lowest BCUT2D eigenvalue weighted by Crippen LogP contribution is -2.57. The van der Waals surface area contributed by atoms with Gasteiger partial charge in [0.15, 0.2) is 0 Å². The molecule has 0 radical (unpaired) electrons. The number of allylic oxidation sites excluding steroid dienone is 1. The van der Waals surface area contributed by atoms with Crippen LogP contribution in [0.25, 0.3) is 0 Å². The molecule has 3 aliphatic heterocycles. The van der Waals surface area contributed by atoms with E-state index >= 15 is 0 Å². The minimum atomic E-state index is -0.0885. The van der Waals surface area contributed by atoms with Gasteiger partial charge in [-0.25, -0.2) is 0 Å².